The fourth-order valence-corrected chi connectivity index (χ4v) is 4.26. The average molecular weight is 424 g/mol. The first-order valence-corrected chi connectivity index (χ1v) is 11.6. The van der Waals surface area contributed by atoms with Crippen LogP contribution < -0.4 is 0 Å². The number of nitrogens with zero attached hydrogens (tertiary/aromatic N) is 1. The third kappa shape index (κ3) is 8.40. The Hall–Kier alpha value is -1.37. The van der Waals surface area contributed by atoms with Crippen molar-refractivity contribution in [2.75, 3.05) is 27.2 Å². The molecular formula is C24H41NO5. The maximum Gasteiger partial charge on any atom is 0.305 e. The number of aliphatic hydroxyl groups is 2. The minimum atomic E-state index is -0.433. The van der Waals surface area contributed by atoms with E-state index < -0.39 is 12.2 Å². The van der Waals surface area contributed by atoms with E-state index in [0.29, 0.717) is 19.4 Å². The Balaban J connectivity index is 1.71. The number of ether oxygens (including phenoxy) is 2. The van der Waals surface area contributed by atoms with Gasteiger partial charge in [-0.15, -0.1) is 0 Å². The third-order valence-electron chi connectivity index (χ3n) is 6.05. The number of hydrogen-bond acceptors (Lipinski definition) is 6. The molecule has 0 spiro atoms. The summed E-state index contributed by atoms with van der Waals surface area (Å²) in [6.45, 7) is 3.33. The van der Waals surface area contributed by atoms with Crippen molar-refractivity contribution >= 4 is 5.97 Å². The van der Waals surface area contributed by atoms with Crippen LogP contribution in [-0.4, -0.2) is 66.6 Å². The summed E-state index contributed by atoms with van der Waals surface area (Å²) in [6.07, 6.45) is 12.7. The molecule has 5 atom stereocenters. The van der Waals surface area contributed by atoms with Gasteiger partial charge in [-0.2, -0.15) is 0 Å². The summed E-state index contributed by atoms with van der Waals surface area (Å²) in [5.74, 6) is 1.12. The van der Waals surface area contributed by atoms with Gasteiger partial charge in [0.05, 0.1) is 18.0 Å². The molecule has 6 nitrogen and oxygen atoms in total. The lowest BCUT2D eigenvalue weighted by Gasteiger charge is -2.16. The number of allylic oxidation sites excluding steroid dienone is 2. The molecule has 0 unspecified atom stereocenters. The van der Waals surface area contributed by atoms with Crippen molar-refractivity contribution in [3.8, 4) is 0 Å². The number of carbonyl (C=O) groups excluding carboxylic acids is 1. The van der Waals surface area contributed by atoms with E-state index in [0.717, 1.165) is 57.2 Å². The van der Waals surface area contributed by atoms with Crippen LogP contribution in [0.2, 0.25) is 0 Å². The zero-order valence-electron chi connectivity index (χ0n) is 19.0. The lowest BCUT2D eigenvalue weighted by Crippen LogP contribution is -2.20. The maximum absolute atomic E-state index is 11.7. The van der Waals surface area contributed by atoms with Gasteiger partial charge in [-0.25, -0.2) is 0 Å². The molecule has 2 aliphatic rings. The van der Waals surface area contributed by atoms with Crippen molar-refractivity contribution in [1.29, 1.82) is 0 Å². The fourth-order valence-electron chi connectivity index (χ4n) is 4.26. The van der Waals surface area contributed by atoms with Crippen molar-refractivity contribution in [3.05, 3.63) is 24.0 Å². The minimum absolute atomic E-state index is 0.0356. The number of carbonyl (C=O) groups is 1. The second kappa shape index (κ2) is 13.1. The van der Waals surface area contributed by atoms with Crippen LogP contribution >= 0.6 is 0 Å². The van der Waals surface area contributed by atoms with Gasteiger partial charge in [0, 0.05) is 37.6 Å². The summed E-state index contributed by atoms with van der Waals surface area (Å²) in [6, 6.07) is 0. The molecule has 0 aromatic carbocycles. The van der Waals surface area contributed by atoms with E-state index in [2.05, 4.69) is 13.0 Å². The Morgan fingerprint density at radius 2 is 2.13 bits per heavy atom. The Kier molecular flexibility index (Phi) is 10.9. The number of aliphatic hydroxyl groups excluding tert-OH is 2. The predicted octanol–water partition coefficient (Wildman–Crippen LogP) is 3.43. The van der Waals surface area contributed by atoms with E-state index in [-0.39, 0.29) is 23.9 Å². The summed E-state index contributed by atoms with van der Waals surface area (Å²) in [5, 5.41) is 20.5. The number of likely N-dealkylation sites (N-methyl/N-ethyl adjacent to an activating group) is 1. The van der Waals surface area contributed by atoms with Crippen LogP contribution in [0.1, 0.15) is 64.7 Å². The monoisotopic (exact) mass is 423 g/mol. The molecule has 172 valence electrons. The van der Waals surface area contributed by atoms with Gasteiger partial charge in [0.2, 0.25) is 0 Å². The molecule has 1 aliphatic heterocycles. The van der Waals surface area contributed by atoms with Crippen molar-refractivity contribution in [1.82, 2.24) is 4.90 Å². The summed E-state index contributed by atoms with van der Waals surface area (Å²) >= 11 is 0. The van der Waals surface area contributed by atoms with Gasteiger partial charge in [-0.05, 0) is 39.4 Å². The number of rotatable bonds is 13. The first-order chi connectivity index (χ1) is 14.4. The highest BCUT2D eigenvalue weighted by atomic mass is 16.5. The molecule has 6 heteroatoms. The molecular weight excluding hydrogens is 382 g/mol. The Bertz CT molecular complexity index is 574. The molecule has 0 bridgehead atoms. The average Bonchev–Trinajstić information content (AvgIpc) is 3.20. The van der Waals surface area contributed by atoms with Crippen LogP contribution in [0.15, 0.2) is 24.0 Å². The molecule has 1 saturated heterocycles. The lowest BCUT2D eigenvalue weighted by molar-refractivity contribution is -0.144. The highest BCUT2D eigenvalue weighted by molar-refractivity contribution is 5.69. The minimum Gasteiger partial charge on any atom is -0.495 e. The molecule has 2 rings (SSSR count). The predicted molar refractivity (Wildman–Crippen MR) is 118 cm³/mol. The van der Waals surface area contributed by atoms with Crippen LogP contribution in [0.5, 0.6) is 0 Å². The maximum atomic E-state index is 11.7. The standard InChI is InChI=1S/C24H41NO5/c1-4-5-6-9-18(26)12-13-20-21-16-19(30-23(21)17-22(20)27)10-7-8-11-24(28)29-15-14-25(2)3/h10,12-13,18,20-23,26-27H,4-9,11,14-17H2,1-3H3/b13-12+,19-10-/t18-,20+,21+,22+,23+/m0/s1. The van der Waals surface area contributed by atoms with Crippen LogP contribution in [0.4, 0.5) is 0 Å². The van der Waals surface area contributed by atoms with E-state index in [9.17, 15) is 15.0 Å². The molecule has 0 aromatic heterocycles. The number of hydrogen-bond donors (Lipinski definition) is 2. The molecule has 30 heavy (non-hydrogen) atoms. The highest BCUT2D eigenvalue weighted by Crippen LogP contribution is 2.45. The molecule has 0 radical (unpaired) electrons. The van der Waals surface area contributed by atoms with E-state index in [4.69, 9.17) is 9.47 Å². The van der Waals surface area contributed by atoms with Crippen molar-refractivity contribution < 1.29 is 24.5 Å². The van der Waals surface area contributed by atoms with Gasteiger partial charge >= 0.3 is 5.97 Å². The number of unbranched alkanes of at least 4 members (excludes halogenated alkanes) is 3. The zero-order chi connectivity index (χ0) is 21.9. The van der Waals surface area contributed by atoms with Crippen molar-refractivity contribution in [3.63, 3.8) is 0 Å². The summed E-state index contributed by atoms with van der Waals surface area (Å²) in [5.41, 5.74) is 0. The first kappa shape index (κ1) is 24.9. The van der Waals surface area contributed by atoms with Gasteiger partial charge in [0.1, 0.15) is 12.7 Å². The smallest absolute Gasteiger partial charge is 0.305 e. The normalized spacial score (nSPS) is 28.3. The Labute approximate surface area is 181 Å². The summed E-state index contributed by atoms with van der Waals surface area (Å²) < 4.78 is 11.3. The second-order valence-electron chi connectivity index (χ2n) is 8.94. The van der Waals surface area contributed by atoms with E-state index in [1.165, 1.54) is 0 Å². The van der Waals surface area contributed by atoms with Gasteiger partial charge in [0.15, 0.2) is 0 Å². The molecule has 0 aromatic rings. The molecule has 1 aliphatic carbocycles. The quantitative estimate of drug-likeness (QED) is 0.268. The Morgan fingerprint density at radius 1 is 1.33 bits per heavy atom. The second-order valence-corrected chi connectivity index (χ2v) is 8.94. The van der Waals surface area contributed by atoms with Crippen molar-refractivity contribution in [2.24, 2.45) is 11.8 Å². The van der Waals surface area contributed by atoms with E-state index in [1.54, 1.807) is 0 Å². The number of esters is 1. The molecule has 2 fully saturated rings. The highest BCUT2D eigenvalue weighted by Gasteiger charge is 2.46. The molecule has 2 N–H and O–H groups in total. The van der Waals surface area contributed by atoms with Crippen LogP contribution in [0.25, 0.3) is 0 Å². The van der Waals surface area contributed by atoms with E-state index >= 15 is 0 Å². The van der Waals surface area contributed by atoms with Crippen molar-refractivity contribution in [2.45, 2.75) is 83.0 Å². The van der Waals surface area contributed by atoms with Gasteiger partial charge in [-0.1, -0.05) is 38.3 Å². The van der Waals surface area contributed by atoms with Gasteiger partial charge in [-0.3, -0.25) is 4.79 Å². The Morgan fingerprint density at radius 3 is 2.87 bits per heavy atom. The van der Waals surface area contributed by atoms with Crippen LogP contribution in [0.3, 0.4) is 0 Å². The lowest BCUT2D eigenvalue weighted by atomic mass is 9.90. The summed E-state index contributed by atoms with van der Waals surface area (Å²) in [4.78, 5) is 13.7. The molecule has 0 amide bonds. The zero-order valence-corrected chi connectivity index (χ0v) is 19.0. The largest absolute Gasteiger partial charge is 0.495 e. The third-order valence-corrected chi connectivity index (χ3v) is 6.05. The topological polar surface area (TPSA) is 79.2 Å². The van der Waals surface area contributed by atoms with E-state index in [1.807, 2.05) is 31.1 Å². The first-order valence-electron chi connectivity index (χ1n) is 11.6. The van der Waals surface area contributed by atoms with Crippen LogP contribution in [0, 0.1) is 11.8 Å². The van der Waals surface area contributed by atoms with Crippen LogP contribution in [-0.2, 0) is 14.3 Å². The fraction of sp³-hybridized carbons (Fsp3) is 0.792. The van der Waals surface area contributed by atoms with Gasteiger partial charge < -0.3 is 24.6 Å². The van der Waals surface area contributed by atoms with Gasteiger partial charge in [0.25, 0.3) is 0 Å². The molecule has 1 heterocycles. The molecule has 1 saturated carbocycles. The number of fused-ring (bicyclic) bond motifs is 1. The SMILES string of the molecule is CCCCC[C@H](O)/C=C/[C@@H]1[C@H]2C/C(=C/CCCC(=O)OCCN(C)C)O[C@@H]2C[C@H]1O. The summed E-state index contributed by atoms with van der Waals surface area (Å²) in [7, 11) is 3.90.